The lowest BCUT2D eigenvalue weighted by Crippen LogP contribution is -2.15. The lowest BCUT2D eigenvalue weighted by molar-refractivity contribution is -0.384. The van der Waals surface area contributed by atoms with E-state index >= 15 is 0 Å². The van der Waals surface area contributed by atoms with E-state index in [0.29, 0.717) is 22.6 Å². The molecule has 0 saturated heterocycles. The lowest BCUT2D eigenvalue weighted by atomic mass is 9.87. The molecule has 0 fully saturated rings. The number of carbonyl (C=O) groups excluding carboxylic acids is 2. The first-order valence-electron chi connectivity index (χ1n) is 9.97. The van der Waals surface area contributed by atoms with E-state index in [1.807, 2.05) is 12.1 Å². The molecule has 32 heavy (non-hydrogen) atoms. The van der Waals surface area contributed by atoms with E-state index in [1.165, 1.54) is 24.3 Å². The van der Waals surface area contributed by atoms with E-state index in [4.69, 9.17) is 9.47 Å². The van der Waals surface area contributed by atoms with Crippen molar-refractivity contribution in [2.75, 3.05) is 6.61 Å². The number of nitro groups is 1. The molecule has 0 amide bonds. The summed E-state index contributed by atoms with van der Waals surface area (Å²) in [6.45, 7) is 5.88. The molecule has 0 spiro atoms. The van der Waals surface area contributed by atoms with Crippen LogP contribution in [0, 0.1) is 10.1 Å². The molecule has 0 aromatic heterocycles. The van der Waals surface area contributed by atoms with E-state index in [0.717, 1.165) is 5.56 Å². The van der Waals surface area contributed by atoms with Crippen molar-refractivity contribution >= 4 is 17.4 Å². The van der Waals surface area contributed by atoms with Crippen LogP contribution in [0.5, 0.6) is 11.5 Å². The molecule has 0 heterocycles. The Morgan fingerprint density at radius 1 is 0.812 bits per heavy atom. The van der Waals surface area contributed by atoms with Crippen molar-refractivity contribution < 1.29 is 24.0 Å². The Morgan fingerprint density at radius 3 is 1.81 bits per heavy atom. The molecule has 0 radical (unpaired) electrons. The number of esters is 1. The number of Topliss-reactive ketones (excluding diaryl/α,β-unsaturated/α-hetero) is 1. The normalized spacial score (nSPS) is 11.0. The highest BCUT2D eigenvalue weighted by Crippen LogP contribution is 2.24. The second-order valence-corrected chi connectivity index (χ2v) is 8.20. The van der Waals surface area contributed by atoms with Gasteiger partial charge in [0.05, 0.1) is 10.5 Å². The first-order valence-corrected chi connectivity index (χ1v) is 9.97. The number of hydrogen-bond donors (Lipinski definition) is 0. The summed E-state index contributed by atoms with van der Waals surface area (Å²) in [6.07, 6.45) is 0. The van der Waals surface area contributed by atoms with Gasteiger partial charge in [0.15, 0.2) is 12.4 Å². The maximum Gasteiger partial charge on any atom is 0.338 e. The molecular weight excluding hydrogens is 410 g/mol. The van der Waals surface area contributed by atoms with Crippen LogP contribution in [0.1, 0.15) is 47.1 Å². The summed E-state index contributed by atoms with van der Waals surface area (Å²) in [4.78, 5) is 34.8. The van der Waals surface area contributed by atoms with Gasteiger partial charge in [-0.3, -0.25) is 14.9 Å². The molecule has 0 aliphatic rings. The van der Waals surface area contributed by atoms with Crippen molar-refractivity contribution in [2.24, 2.45) is 0 Å². The maximum absolute atomic E-state index is 12.4. The highest BCUT2D eigenvalue weighted by atomic mass is 16.6. The number of carbonyl (C=O) groups is 2. The van der Waals surface area contributed by atoms with Crippen molar-refractivity contribution in [3.8, 4) is 11.5 Å². The van der Waals surface area contributed by atoms with Gasteiger partial charge < -0.3 is 9.47 Å². The van der Waals surface area contributed by atoms with Gasteiger partial charge in [-0.2, -0.15) is 0 Å². The van der Waals surface area contributed by atoms with Crippen LogP contribution in [-0.4, -0.2) is 23.3 Å². The number of nitrogens with zero attached hydrogens (tertiary/aromatic N) is 1. The average Bonchev–Trinajstić information content (AvgIpc) is 2.77. The third-order valence-electron chi connectivity index (χ3n) is 4.78. The van der Waals surface area contributed by atoms with E-state index in [2.05, 4.69) is 20.8 Å². The molecule has 0 saturated carbocycles. The number of ketones is 1. The molecule has 0 aliphatic heterocycles. The van der Waals surface area contributed by atoms with Crippen LogP contribution in [0.25, 0.3) is 0 Å². The maximum atomic E-state index is 12.4. The van der Waals surface area contributed by atoms with Gasteiger partial charge in [-0.05, 0) is 59.5 Å². The average molecular weight is 433 g/mol. The highest BCUT2D eigenvalue weighted by Gasteiger charge is 2.16. The van der Waals surface area contributed by atoms with E-state index in [-0.39, 0.29) is 23.5 Å². The SMILES string of the molecule is CC(C)(C)c1ccc(C(=O)OCC(=O)c2ccc(Oc3ccc([N+](=O)[O-])cc3)cc2)cc1. The van der Waals surface area contributed by atoms with Crippen molar-refractivity contribution in [1.82, 2.24) is 0 Å². The molecule has 0 unspecified atom stereocenters. The van der Waals surface area contributed by atoms with Crippen molar-refractivity contribution in [1.29, 1.82) is 0 Å². The zero-order valence-corrected chi connectivity index (χ0v) is 18.0. The zero-order valence-electron chi connectivity index (χ0n) is 18.0. The number of nitro benzene ring substituents is 1. The van der Waals surface area contributed by atoms with Gasteiger partial charge in [0.25, 0.3) is 5.69 Å². The van der Waals surface area contributed by atoms with Gasteiger partial charge in [-0.25, -0.2) is 4.79 Å². The Balaban J connectivity index is 1.55. The standard InChI is InChI=1S/C25H23NO6/c1-25(2,3)19-8-4-18(5-9-19)24(28)31-16-23(27)17-6-12-21(13-7-17)32-22-14-10-20(11-15-22)26(29)30/h4-15H,16H2,1-3H3. The molecule has 0 N–H and O–H groups in total. The molecule has 0 aliphatic carbocycles. The highest BCUT2D eigenvalue weighted by molar-refractivity contribution is 5.99. The predicted molar refractivity (Wildman–Crippen MR) is 119 cm³/mol. The van der Waals surface area contributed by atoms with Crippen LogP contribution in [0.4, 0.5) is 5.69 Å². The molecular formula is C25H23NO6. The minimum atomic E-state index is -0.558. The molecule has 3 aromatic carbocycles. The fourth-order valence-electron chi connectivity index (χ4n) is 2.88. The van der Waals surface area contributed by atoms with Gasteiger partial charge in [0.1, 0.15) is 11.5 Å². The fraction of sp³-hybridized carbons (Fsp3) is 0.200. The largest absolute Gasteiger partial charge is 0.457 e. The summed E-state index contributed by atoms with van der Waals surface area (Å²) >= 11 is 0. The summed E-state index contributed by atoms with van der Waals surface area (Å²) in [6, 6.07) is 19.1. The topological polar surface area (TPSA) is 95.7 Å². The van der Waals surface area contributed by atoms with Crippen LogP contribution in [0.2, 0.25) is 0 Å². The summed E-state index contributed by atoms with van der Waals surface area (Å²) in [7, 11) is 0. The molecule has 0 bridgehead atoms. The van der Waals surface area contributed by atoms with Crippen molar-refractivity contribution in [3.05, 3.63) is 99.6 Å². The minimum absolute atomic E-state index is 0.0211. The number of benzene rings is 3. The zero-order chi connectivity index (χ0) is 23.3. The quantitative estimate of drug-likeness (QED) is 0.204. The molecule has 3 rings (SSSR count). The van der Waals surface area contributed by atoms with Gasteiger partial charge in [-0.15, -0.1) is 0 Å². The Hall–Kier alpha value is -4.00. The van der Waals surface area contributed by atoms with Gasteiger partial charge >= 0.3 is 5.97 Å². The third kappa shape index (κ3) is 5.78. The summed E-state index contributed by atoms with van der Waals surface area (Å²) < 4.78 is 10.8. The van der Waals surface area contributed by atoms with Crippen molar-refractivity contribution in [3.63, 3.8) is 0 Å². The number of rotatable bonds is 7. The van der Waals surface area contributed by atoms with Gasteiger partial charge in [-0.1, -0.05) is 32.9 Å². The molecule has 0 atom stereocenters. The van der Waals surface area contributed by atoms with Crippen LogP contribution in [-0.2, 0) is 10.2 Å². The predicted octanol–water partition coefficient (Wildman–Crippen LogP) is 5.72. The monoisotopic (exact) mass is 433 g/mol. The van der Waals surface area contributed by atoms with E-state index in [9.17, 15) is 19.7 Å². The van der Waals surface area contributed by atoms with E-state index in [1.54, 1.807) is 36.4 Å². The number of ether oxygens (including phenoxy) is 2. The smallest absolute Gasteiger partial charge is 0.338 e. The summed E-state index contributed by atoms with van der Waals surface area (Å²) in [5.74, 6) is -0.00379. The van der Waals surface area contributed by atoms with Gasteiger partial charge in [0.2, 0.25) is 0 Å². The van der Waals surface area contributed by atoms with Crippen LogP contribution < -0.4 is 4.74 Å². The minimum Gasteiger partial charge on any atom is -0.457 e. The van der Waals surface area contributed by atoms with Crippen LogP contribution in [0.15, 0.2) is 72.8 Å². The second-order valence-electron chi connectivity index (χ2n) is 8.20. The van der Waals surface area contributed by atoms with Crippen molar-refractivity contribution in [2.45, 2.75) is 26.2 Å². The lowest BCUT2D eigenvalue weighted by Gasteiger charge is -2.18. The summed E-state index contributed by atoms with van der Waals surface area (Å²) in [5, 5.41) is 10.7. The Labute approximate surface area is 185 Å². The Bertz CT molecular complexity index is 1110. The Kier molecular flexibility index (Phi) is 6.68. The van der Waals surface area contributed by atoms with E-state index < -0.39 is 10.9 Å². The van der Waals surface area contributed by atoms with Gasteiger partial charge in [0, 0.05) is 17.7 Å². The molecule has 3 aromatic rings. The second kappa shape index (κ2) is 9.43. The van der Waals surface area contributed by atoms with Crippen LogP contribution >= 0.6 is 0 Å². The Morgan fingerprint density at radius 2 is 1.31 bits per heavy atom. The first-order chi connectivity index (χ1) is 15.1. The first kappa shape index (κ1) is 22.7. The third-order valence-corrected chi connectivity index (χ3v) is 4.78. The molecule has 7 heteroatoms. The molecule has 7 nitrogen and oxygen atoms in total. The number of hydrogen-bond acceptors (Lipinski definition) is 6. The fourth-order valence-corrected chi connectivity index (χ4v) is 2.88. The van der Waals surface area contributed by atoms with Crippen LogP contribution in [0.3, 0.4) is 0 Å². The summed E-state index contributed by atoms with van der Waals surface area (Å²) in [5.41, 5.74) is 1.81. The molecule has 164 valence electrons. The number of non-ortho nitro benzene ring substituents is 1.